The molecule has 0 spiro atoms. The van der Waals surface area contributed by atoms with Crippen LogP contribution in [-0.2, 0) is 11.3 Å². The third-order valence-corrected chi connectivity index (χ3v) is 4.36. The fourth-order valence-corrected chi connectivity index (χ4v) is 3.38. The summed E-state index contributed by atoms with van der Waals surface area (Å²) in [5, 5.41) is 0. The highest BCUT2D eigenvalue weighted by Crippen LogP contribution is 2.24. The standard InChI is InChI=1S/C13H20N2O3S/c1-17-6-5-15(10-4-7-19-9-10)13(16)12-3-2-11(8-14)18-12/h2-3,10H,4-9,14H2,1H3. The molecule has 1 saturated heterocycles. The van der Waals surface area contributed by atoms with Crippen LogP contribution in [0.15, 0.2) is 16.5 Å². The predicted molar refractivity (Wildman–Crippen MR) is 75.2 cm³/mol. The molecule has 1 unspecified atom stereocenters. The zero-order valence-electron chi connectivity index (χ0n) is 11.1. The molecule has 2 heterocycles. The number of hydrogen-bond donors (Lipinski definition) is 1. The Morgan fingerprint density at radius 1 is 1.63 bits per heavy atom. The van der Waals surface area contributed by atoms with Crippen LogP contribution in [0.3, 0.4) is 0 Å². The van der Waals surface area contributed by atoms with E-state index in [0.29, 0.717) is 31.2 Å². The Labute approximate surface area is 117 Å². The number of carbonyl (C=O) groups excluding carboxylic acids is 1. The van der Waals surface area contributed by atoms with Gasteiger partial charge in [-0.25, -0.2) is 0 Å². The molecule has 106 valence electrons. The van der Waals surface area contributed by atoms with Gasteiger partial charge in [-0.15, -0.1) is 0 Å². The fraction of sp³-hybridized carbons (Fsp3) is 0.615. The second-order valence-electron chi connectivity index (χ2n) is 4.48. The van der Waals surface area contributed by atoms with Crippen LogP contribution < -0.4 is 5.73 Å². The van der Waals surface area contributed by atoms with Gasteiger partial charge in [0.15, 0.2) is 5.76 Å². The van der Waals surface area contributed by atoms with Crippen molar-refractivity contribution in [1.82, 2.24) is 4.90 Å². The van der Waals surface area contributed by atoms with Crippen LogP contribution in [0, 0.1) is 0 Å². The minimum atomic E-state index is -0.0655. The van der Waals surface area contributed by atoms with E-state index in [2.05, 4.69) is 0 Å². The fourth-order valence-electron chi connectivity index (χ4n) is 2.15. The summed E-state index contributed by atoms with van der Waals surface area (Å²) in [4.78, 5) is 14.4. The topological polar surface area (TPSA) is 68.7 Å². The number of amides is 1. The van der Waals surface area contributed by atoms with Gasteiger partial charge in [0.25, 0.3) is 5.91 Å². The highest BCUT2D eigenvalue weighted by atomic mass is 32.2. The van der Waals surface area contributed by atoms with Gasteiger partial charge in [0.05, 0.1) is 13.2 Å². The van der Waals surface area contributed by atoms with E-state index in [0.717, 1.165) is 17.9 Å². The van der Waals surface area contributed by atoms with Crippen molar-refractivity contribution in [3.05, 3.63) is 23.7 Å². The van der Waals surface area contributed by atoms with Gasteiger partial charge in [0.1, 0.15) is 5.76 Å². The first kappa shape index (κ1) is 14.4. The Balaban J connectivity index is 2.09. The van der Waals surface area contributed by atoms with E-state index in [4.69, 9.17) is 14.9 Å². The maximum Gasteiger partial charge on any atom is 0.289 e. The number of thioether (sulfide) groups is 1. The molecule has 0 aromatic carbocycles. The molecule has 0 aliphatic carbocycles. The minimum Gasteiger partial charge on any atom is -0.455 e. The molecule has 0 bridgehead atoms. The molecule has 1 aliphatic heterocycles. The number of methoxy groups -OCH3 is 1. The molecule has 1 aliphatic rings. The predicted octanol–water partition coefficient (Wildman–Crippen LogP) is 1.33. The lowest BCUT2D eigenvalue weighted by Crippen LogP contribution is -2.42. The van der Waals surface area contributed by atoms with E-state index in [1.807, 2.05) is 16.7 Å². The SMILES string of the molecule is COCCN(C(=O)c1ccc(CN)o1)C1CCSC1. The lowest BCUT2D eigenvalue weighted by atomic mass is 10.2. The van der Waals surface area contributed by atoms with Crippen molar-refractivity contribution < 1.29 is 13.9 Å². The second kappa shape index (κ2) is 6.98. The molecule has 1 aromatic heterocycles. The maximum absolute atomic E-state index is 12.5. The molecule has 19 heavy (non-hydrogen) atoms. The number of rotatable bonds is 6. The number of carbonyl (C=O) groups is 1. The molecule has 5 nitrogen and oxygen atoms in total. The first-order valence-corrected chi connectivity index (χ1v) is 7.58. The van der Waals surface area contributed by atoms with E-state index in [1.54, 1.807) is 19.2 Å². The lowest BCUT2D eigenvalue weighted by molar-refractivity contribution is 0.0592. The summed E-state index contributed by atoms with van der Waals surface area (Å²) in [5.74, 6) is 3.03. The van der Waals surface area contributed by atoms with Crippen molar-refractivity contribution in [1.29, 1.82) is 0 Å². The highest BCUT2D eigenvalue weighted by molar-refractivity contribution is 7.99. The van der Waals surface area contributed by atoms with Crippen LogP contribution >= 0.6 is 11.8 Å². The number of furan rings is 1. The summed E-state index contributed by atoms with van der Waals surface area (Å²) in [7, 11) is 1.64. The van der Waals surface area contributed by atoms with E-state index in [-0.39, 0.29) is 11.9 Å². The molecule has 2 rings (SSSR count). The first-order valence-electron chi connectivity index (χ1n) is 6.42. The van der Waals surface area contributed by atoms with Gasteiger partial charge in [0.2, 0.25) is 0 Å². The number of nitrogens with zero attached hydrogens (tertiary/aromatic N) is 1. The van der Waals surface area contributed by atoms with Crippen molar-refractivity contribution >= 4 is 17.7 Å². The largest absolute Gasteiger partial charge is 0.455 e. The minimum absolute atomic E-state index is 0.0655. The zero-order valence-corrected chi connectivity index (χ0v) is 11.9. The summed E-state index contributed by atoms with van der Waals surface area (Å²) in [6.45, 7) is 1.45. The number of hydrogen-bond acceptors (Lipinski definition) is 5. The van der Waals surface area contributed by atoms with E-state index < -0.39 is 0 Å². The van der Waals surface area contributed by atoms with Gasteiger partial charge in [-0.05, 0) is 24.3 Å². The molecule has 6 heteroatoms. The molecule has 2 N–H and O–H groups in total. The van der Waals surface area contributed by atoms with Crippen LogP contribution in [0.2, 0.25) is 0 Å². The van der Waals surface area contributed by atoms with Gasteiger partial charge in [-0.3, -0.25) is 4.79 Å². The summed E-state index contributed by atoms with van der Waals surface area (Å²) in [6, 6.07) is 3.73. The van der Waals surface area contributed by atoms with Gasteiger partial charge >= 0.3 is 0 Å². The molecule has 1 fully saturated rings. The van der Waals surface area contributed by atoms with Crippen molar-refractivity contribution in [2.75, 3.05) is 31.8 Å². The van der Waals surface area contributed by atoms with Gasteiger partial charge in [0, 0.05) is 25.4 Å². The normalized spacial score (nSPS) is 18.7. The van der Waals surface area contributed by atoms with Crippen molar-refractivity contribution in [3.63, 3.8) is 0 Å². The average Bonchev–Trinajstić information content (AvgIpc) is 3.10. The van der Waals surface area contributed by atoms with Gasteiger partial charge < -0.3 is 19.8 Å². The first-order chi connectivity index (χ1) is 9.26. The summed E-state index contributed by atoms with van der Waals surface area (Å²) < 4.78 is 10.5. The van der Waals surface area contributed by atoms with Crippen LogP contribution in [0.4, 0.5) is 0 Å². The Hall–Kier alpha value is -0.980. The molecule has 0 saturated carbocycles. The maximum atomic E-state index is 12.5. The second-order valence-corrected chi connectivity index (χ2v) is 5.63. The number of ether oxygens (including phenoxy) is 1. The average molecular weight is 284 g/mol. The van der Waals surface area contributed by atoms with E-state index >= 15 is 0 Å². The zero-order chi connectivity index (χ0) is 13.7. The van der Waals surface area contributed by atoms with Crippen molar-refractivity contribution in [3.8, 4) is 0 Å². The highest BCUT2D eigenvalue weighted by Gasteiger charge is 2.29. The van der Waals surface area contributed by atoms with Crippen LogP contribution in [0.1, 0.15) is 22.7 Å². The third-order valence-electron chi connectivity index (χ3n) is 3.22. The monoisotopic (exact) mass is 284 g/mol. The Morgan fingerprint density at radius 3 is 3.05 bits per heavy atom. The smallest absolute Gasteiger partial charge is 0.289 e. The Morgan fingerprint density at radius 2 is 2.47 bits per heavy atom. The van der Waals surface area contributed by atoms with Crippen LogP contribution in [0.5, 0.6) is 0 Å². The van der Waals surface area contributed by atoms with Crippen molar-refractivity contribution in [2.45, 2.75) is 19.0 Å². The van der Waals surface area contributed by atoms with Crippen LogP contribution in [-0.4, -0.2) is 48.6 Å². The Bertz CT molecular complexity index is 416. The summed E-state index contributed by atoms with van der Waals surface area (Å²) >= 11 is 1.88. The van der Waals surface area contributed by atoms with E-state index in [1.165, 1.54) is 0 Å². The summed E-state index contributed by atoms with van der Waals surface area (Å²) in [5.41, 5.74) is 5.50. The third kappa shape index (κ3) is 3.52. The molecule has 1 atom stereocenters. The van der Waals surface area contributed by atoms with Crippen molar-refractivity contribution in [2.24, 2.45) is 5.73 Å². The van der Waals surface area contributed by atoms with Gasteiger partial charge in [-0.2, -0.15) is 11.8 Å². The molecule has 0 radical (unpaired) electrons. The lowest BCUT2D eigenvalue weighted by Gasteiger charge is -2.27. The molecule has 1 aromatic rings. The molecular weight excluding hydrogens is 264 g/mol. The number of nitrogens with two attached hydrogens (primary N) is 1. The van der Waals surface area contributed by atoms with E-state index in [9.17, 15) is 4.79 Å². The molecular formula is C13H20N2O3S. The molecule has 1 amide bonds. The Kier molecular flexibility index (Phi) is 5.30. The summed E-state index contributed by atoms with van der Waals surface area (Å²) in [6.07, 6.45) is 1.03. The van der Waals surface area contributed by atoms with Crippen LogP contribution in [0.25, 0.3) is 0 Å². The quantitative estimate of drug-likeness (QED) is 0.853. The van der Waals surface area contributed by atoms with Gasteiger partial charge in [-0.1, -0.05) is 0 Å².